The van der Waals surface area contributed by atoms with E-state index in [0.29, 0.717) is 6.07 Å². The molecule has 124 valence electrons. The van der Waals surface area contributed by atoms with E-state index in [0.717, 1.165) is 12.1 Å². The fraction of sp³-hybridized carbons (Fsp3) is 0.462. The third kappa shape index (κ3) is 5.78. The minimum absolute atomic E-state index is 0.000981. The van der Waals surface area contributed by atoms with Crippen molar-refractivity contribution >= 4 is 5.91 Å². The lowest BCUT2D eigenvalue weighted by atomic mass is 10.0. The lowest BCUT2D eigenvalue weighted by Crippen LogP contribution is -2.27. The molecule has 0 heterocycles. The Bertz CT molecular complexity index is 521. The van der Waals surface area contributed by atoms with Crippen LogP contribution in [0.1, 0.15) is 25.0 Å². The highest BCUT2D eigenvalue weighted by Gasteiger charge is 2.31. The molecule has 0 saturated carbocycles. The summed E-state index contributed by atoms with van der Waals surface area (Å²) in [5, 5.41) is 31.7. The van der Waals surface area contributed by atoms with Gasteiger partial charge in [0.25, 0.3) is 0 Å². The highest BCUT2D eigenvalue weighted by atomic mass is 19.4. The number of halogens is 3. The van der Waals surface area contributed by atoms with Crippen molar-refractivity contribution in [2.75, 3.05) is 6.54 Å². The number of phenolic OH excluding ortho intramolecular Hbond substituents is 1. The number of carbonyl (C=O) groups is 1. The third-order valence-corrected chi connectivity index (χ3v) is 2.73. The second kappa shape index (κ2) is 7.32. The Labute approximate surface area is 124 Å². The zero-order valence-corrected chi connectivity index (χ0v) is 11.6. The van der Waals surface area contributed by atoms with E-state index < -0.39 is 30.1 Å². The van der Waals surface area contributed by atoms with Gasteiger partial charge in [-0.15, -0.1) is 13.2 Å². The van der Waals surface area contributed by atoms with Crippen LogP contribution in [0.15, 0.2) is 18.2 Å². The molecule has 22 heavy (non-hydrogen) atoms. The highest BCUT2D eigenvalue weighted by Crippen LogP contribution is 2.33. The number of rotatable bonds is 6. The summed E-state index contributed by atoms with van der Waals surface area (Å²) in [7, 11) is 0. The third-order valence-electron chi connectivity index (χ3n) is 2.73. The topological polar surface area (TPSA) is 99.0 Å². The van der Waals surface area contributed by atoms with E-state index in [2.05, 4.69) is 10.1 Å². The van der Waals surface area contributed by atoms with Crippen LogP contribution in [0.2, 0.25) is 0 Å². The molecular formula is C13H16F3NO5. The second-order valence-electron chi connectivity index (χ2n) is 4.55. The minimum atomic E-state index is -4.90. The molecule has 1 aromatic rings. The molecule has 0 spiro atoms. The molecule has 0 radical (unpaired) electrons. The number of phenols is 1. The molecule has 6 nitrogen and oxygen atoms in total. The molecule has 4 N–H and O–H groups in total. The maximum absolute atomic E-state index is 12.0. The number of aromatic hydroxyl groups is 1. The van der Waals surface area contributed by atoms with Crippen LogP contribution >= 0.6 is 0 Å². The number of nitrogens with one attached hydrogen (secondary N) is 1. The normalized spacial score (nSPS) is 14.3. The number of amides is 1. The molecule has 0 bridgehead atoms. The Morgan fingerprint density at radius 3 is 2.50 bits per heavy atom. The Kier molecular flexibility index (Phi) is 6.01. The van der Waals surface area contributed by atoms with Crippen molar-refractivity contribution in [1.82, 2.24) is 5.32 Å². The molecular weight excluding hydrogens is 307 g/mol. The number of aliphatic hydroxyl groups excluding tert-OH is 2. The average Bonchev–Trinajstić information content (AvgIpc) is 2.35. The number of alkyl halides is 3. The van der Waals surface area contributed by atoms with Gasteiger partial charge in [0, 0.05) is 25.1 Å². The van der Waals surface area contributed by atoms with E-state index in [-0.39, 0.29) is 24.4 Å². The average molecular weight is 323 g/mol. The van der Waals surface area contributed by atoms with Gasteiger partial charge in [-0.3, -0.25) is 4.79 Å². The zero-order chi connectivity index (χ0) is 16.9. The summed E-state index contributed by atoms with van der Waals surface area (Å²) in [5.74, 6) is -1.60. The van der Waals surface area contributed by atoms with Gasteiger partial charge in [0.1, 0.15) is 17.6 Å². The molecule has 1 rings (SSSR count). The van der Waals surface area contributed by atoms with Crippen LogP contribution < -0.4 is 10.1 Å². The first-order chi connectivity index (χ1) is 10.1. The first-order valence-corrected chi connectivity index (χ1v) is 6.29. The molecule has 1 aromatic carbocycles. The summed E-state index contributed by atoms with van der Waals surface area (Å²) in [6.07, 6.45) is -7.73. The zero-order valence-electron chi connectivity index (χ0n) is 11.6. The van der Waals surface area contributed by atoms with Gasteiger partial charge < -0.3 is 25.4 Å². The van der Waals surface area contributed by atoms with Gasteiger partial charge in [0.15, 0.2) is 0 Å². The van der Waals surface area contributed by atoms with Crippen LogP contribution in [-0.4, -0.2) is 40.2 Å². The first kappa shape index (κ1) is 18.1. The van der Waals surface area contributed by atoms with E-state index in [1.165, 1.54) is 6.92 Å². The smallest absolute Gasteiger partial charge is 0.507 e. The van der Waals surface area contributed by atoms with Crippen LogP contribution in [0, 0.1) is 0 Å². The fourth-order valence-electron chi connectivity index (χ4n) is 1.73. The number of benzene rings is 1. The van der Waals surface area contributed by atoms with Gasteiger partial charge in [-0.2, -0.15) is 0 Å². The summed E-state index contributed by atoms with van der Waals surface area (Å²) < 4.78 is 39.7. The van der Waals surface area contributed by atoms with Crippen LogP contribution in [0.25, 0.3) is 0 Å². The highest BCUT2D eigenvalue weighted by molar-refractivity contribution is 5.72. The number of ether oxygens (including phenoxy) is 1. The molecule has 0 aliphatic rings. The summed E-state index contributed by atoms with van der Waals surface area (Å²) >= 11 is 0. The SMILES string of the molecule is CC(=O)NCCC(O)C(O)c1ccc(OC(F)(F)F)cc1O. The summed E-state index contributed by atoms with van der Waals surface area (Å²) in [5.41, 5.74) is -0.148. The Hall–Kier alpha value is -2.00. The summed E-state index contributed by atoms with van der Waals surface area (Å²) in [4.78, 5) is 10.7. The quantitative estimate of drug-likeness (QED) is 0.631. The molecule has 9 heteroatoms. The first-order valence-electron chi connectivity index (χ1n) is 6.29. The largest absolute Gasteiger partial charge is 0.573 e. The van der Waals surface area contributed by atoms with Crippen LogP contribution in [0.5, 0.6) is 11.5 Å². The molecule has 0 aliphatic carbocycles. The van der Waals surface area contributed by atoms with E-state index >= 15 is 0 Å². The van der Waals surface area contributed by atoms with E-state index in [1.807, 2.05) is 0 Å². The molecule has 0 saturated heterocycles. The van der Waals surface area contributed by atoms with Crippen molar-refractivity contribution in [1.29, 1.82) is 0 Å². The predicted molar refractivity (Wildman–Crippen MR) is 69.1 cm³/mol. The van der Waals surface area contributed by atoms with Gasteiger partial charge in [-0.05, 0) is 18.6 Å². The van der Waals surface area contributed by atoms with Crippen LogP contribution in [0.4, 0.5) is 13.2 Å². The molecule has 0 fully saturated rings. The summed E-state index contributed by atoms with van der Waals surface area (Å²) in [6, 6.07) is 2.61. The number of hydrogen-bond donors (Lipinski definition) is 4. The Balaban J connectivity index is 2.73. The van der Waals surface area contributed by atoms with Crippen molar-refractivity contribution in [2.45, 2.75) is 31.9 Å². The lowest BCUT2D eigenvalue weighted by molar-refractivity contribution is -0.274. The van der Waals surface area contributed by atoms with Gasteiger partial charge in [-0.1, -0.05) is 0 Å². The lowest BCUT2D eigenvalue weighted by Gasteiger charge is -2.19. The number of hydrogen-bond acceptors (Lipinski definition) is 5. The van der Waals surface area contributed by atoms with Crippen molar-refractivity contribution < 1.29 is 38.0 Å². The van der Waals surface area contributed by atoms with Gasteiger partial charge >= 0.3 is 6.36 Å². The number of aliphatic hydroxyl groups is 2. The predicted octanol–water partition coefficient (Wildman–Crippen LogP) is 1.21. The monoisotopic (exact) mass is 323 g/mol. The molecule has 1 amide bonds. The van der Waals surface area contributed by atoms with Gasteiger partial charge in [0.05, 0.1) is 6.10 Å². The van der Waals surface area contributed by atoms with Crippen LogP contribution in [-0.2, 0) is 4.79 Å². The maximum atomic E-state index is 12.0. The van der Waals surface area contributed by atoms with Crippen molar-refractivity contribution in [3.63, 3.8) is 0 Å². The van der Waals surface area contributed by atoms with Crippen molar-refractivity contribution in [3.05, 3.63) is 23.8 Å². The Morgan fingerprint density at radius 1 is 1.36 bits per heavy atom. The Morgan fingerprint density at radius 2 is 2.00 bits per heavy atom. The molecule has 2 unspecified atom stereocenters. The van der Waals surface area contributed by atoms with Crippen molar-refractivity contribution in [2.24, 2.45) is 0 Å². The van der Waals surface area contributed by atoms with E-state index in [9.17, 15) is 33.3 Å². The van der Waals surface area contributed by atoms with Gasteiger partial charge in [0.2, 0.25) is 5.91 Å². The van der Waals surface area contributed by atoms with Crippen molar-refractivity contribution in [3.8, 4) is 11.5 Å². The second-order valence-corrected chi connectivity index (χ2v) is 4.55. The minimum Gasteiger partial charge on any atom is -0.507 e. The molecule has 0 aromatic heterocycles. The molecule has 2 atom stereocenters. The maximum Gasteiger partial charge on any atom is 0.573 e. The summed E-state index contributed by atoms with van der Waals surface area (Å²) in [6.45, 7) is 1.39. The molecule has 0 aliphatic heterocycles. The van der Waals surface area contributed by atoms with E-state index in [4.69, 9.17) is 0 Å². The van der Waals surface area contributed by atoms with Gasteiger partial charge in [-0.25, -0.2) is 0 Å². The van der Waals surface area contributed by atoms with Crippen LogP contribution in [0.3, 0.4) is 0 Å². The standard InChI is InChI=1S/C13H16F3NO5/c1-7(18)17-5-4-10(19)12(21)9-3-2-8(6-11(9)20)22-13(14,15)16/h2-3,6,10,12,19-21H,4-5H2,1H3,(H,17,18). The number of carbonyl (C=O) groups excluding carboxylic acids is 1. The fourth-order valence-corrected chi connectivity index (χ4v) is 1.73. The van der Waals surface area contributed by atoms with E-state index in [1.54, 1.807) is 0 Å².